The third-order valence-electron chi connectivity index (χ3n) is 2.99. The Morgan fingerprint density at radius 2 is 1.72 bits per heavy atom. The summed E-state index contributed by atoms with van der Waals surface area (Å²) in [6, 6.07) is 15.2. The number of hydrogen-bond donors (Lipinski definition) is 0. The molecule has 2 rings (SSSR count). The summed E-state index contributed by atoms with van der Waals surface area (Å²) in [5.41, 5.74) is 5.29. The normalized spacial score (nSPS) is 12.4. The summed E-state index contributed by atoms with van der Waals surface area (Å²) in [5, 5.41) is 0. The Labute approximate surface area is 126 Å². The Balaban J connectivity index is 2.21. The topological polar surface area (TPSA) is 0 Å². The standard InChI is InChI=1S/C16H16Br2/c1-11-4-3-5-13(8-11)10-16(18)14-9-12(2)6-7-15(14)17/h3-9,16H,10H2,1-2H3. The van der Waals surface area contributed by atoms with Crippen molar-refractivity contribution in [2.75, 3.05) is 0 Å². The molecular formula is C16H16Br2. The summed E-state index contributed by atoms with van der Waals surface area (Å²) >= 11 is 7.43. The number of hydrogen-bond acceptors (Lipinski definition) is 0. The van der Waals surface area contributed by atoms with Gasteiger partial charge < -0.3 is 0 Å². The van der Waals surface area contributed by atoms with Crippen LogP contribution in [0.5, 0.6) is 0 Å². The van der Waals surface area contributed by atoms with Crippen molar-refractivity contribution in [1.29, 1.82) is 0 Å². The molecule has 0 amide bonds. The minimum absolute atomic E-state index is 0.341. The molecule has 0 spiro atoms. The predicted molar refractivity (Wildman–Crippen MR) is 85.4 cm³/mol. The Morgan fingerprint density at radius 3 is 2.44 bits per heavy atom. The predicted octanol–water partition coefficient (Wildman–Crippen LogP) is 5.74. The monoisotopic (exact) mass is 366 g/mol. The van der Waals surface area contributed by atoms with Gasteiger partial charge >= 0.3 is 0 Å². The Morgan fingerprint density at radius 1 is 1.00 bits per heavy atom. The molecule has 0 bridgehead atoms. The first-order valence-corrected chi connectivity index (χ1v) is 7.73. The Bertz CT molecular complexity index is 547. The van der Waals surface area contributed by atoms with Crippen LogP contribution in [0.1, 0.15) is 27.1 Å². The molecule has 18 heavy (non-hydrogen) atoms. The fourth-order valence-corrected chi connectivity index (χ4v) is 3.64. The Hall–Kier alpha value is -0.600. The molecule has 0 aliphatic heterocycles. The summed E-state index contributed by atoms with van der Waals surface area (Å²) in [6.07, 6.45) is 1.00. The van der Waals surface area contributed by atoms with Crippen LogP contribution < -0.4 is 0 Å². The SMILES string of the molecule is Cc1cccc(CC(Br)c2cc(C)ccc2Br)c1. The lowest BCUT2D eigenvalue weighted by Crippen LogP contribution is -1.97. The van der Waals surface area contributed by atoms with Gasteiger partial charge in [0.1, 0.15) is 0 Å². The molecule has 2 heteroatoms. The molecule has 94 valence electrons. The van der Waals surface area contributed by atoms with Crippen molar-refractivity contribution in [3.05, 3.63) is 69.2 Å². The van der Waals surface area contributed by atoms with E-state index in [2.05, 4.69) is 88.2 Å². The van der Waals surface area contributed by atoms with Crippen molar-refractivity contribution in [3.63, 3.8) is 0 Å². The first-order valence-electron chi connectivity index (χ1n) is 6.02. The number of rotatable bonds is 3. The van der Waals surface area contributed by atoms with Crippen LogP contribution in [0, 0.1) is 13.8 Å². The summed E-state index contributed by atoms with van der Waals surface area (Å²) in [4.78, 5) is 0.341. The minimum atomic E-state index is 0.341. The van der Waals surface area contributed by atoms with Crippen LogP contribution in [0.2, 0.25) is 0 Å². The van der Waals surface area contributed by atoms with Crippen LogP contribution >= 0.6 is 31.9 Å². The van der Waals surface area contributed by atoms with Gasteiger partial charge in [-0.3, -0.25) is 0 Å². The molecule has 0 nitrogen and oxygen atoms in total. The van der Waals surface area contributed by atoms with E-state index in [0.29, 0.717) is 4.83 Å². The maximum atomic E-state index is 3.80. The van der Waals surface area contributed by atoms with E-state index in [0.717, 1.165) is 6.42 Å². The highest BCUT2D eigenvalue weighted by molar-refractivity contribution is 9.11. The second-order valence-electron chi connectivity index (χ2n) is 4.69. The largest absolute Gasteiger partial charge is 0.0835 e. The van der Waals surface area contributed by atoms with Gasteiger partial charge in [-0.15, -0.1) is 0 Å². The van der Waals surface area contributed by atoms with E-state index >= 15 is 0 Å². The van der Waals surface area contributed by atoms with E-state index in [1.807, 2.05) is 0 Å². The van der Waals surface area contributed by atoms with Crippen molar-refractivity contribution in [2.45, 2.75) is 25.1 Å². The molecule has 0 saturated carbocycles. The average Bonchev–Trinajstić information content (AvgIpc) is 2.32. The smallest absolute Gasteiger partial charge is 0.0446 e. The molecule has 0 aliphatic rings. The lowest BCUT2D eigenvalue weighted by Gasteiger charge is -2.13. The summed E-state index contributed by atoms with van der Waals surface area (Å²) in [6.45, 7) is 4.26. The number of halogens is 2. The fraction of sp³-hybridized carbons (Fsp3) is 0.250. The van der Waals surface area contributed by atoms with E-state index < -0.39 is 0 Å². The van der Waals surface area contributed by atoms with E-state index in [1.165, 1.54) is 26.7 Å². The molecule has 0 saturated heterocycles. The summed E-state index contributed by atoms with van der Waals surface area (Å²) < 4.78 is 1.17. The van der Waals surface area contributed by atoms with E-state index in [1.54, 1.807) is 0 Å². The van der Waals surface area contributed by atoms with Gasteiger partial charge in [0.15, 0.2) is 0 Å². The van der Waals surface area contributed by atoms with Crippen LogP contribution in [0.4, 0.5) is 0 Å². The van der Waals surface area contributed by atoms with Gasteiger partial charge in [-0.25, -0.2) is 0 Å². The highest BCUT2D eigenvalue weighted by Crippen LogP contribution is 2.33. The molecule has 0 N–H and O–H groups in total. The van der Waals surface area contributed by atoms with Crippen LogP contribution in [0.25, 0.3) is 0 Å². The van der Waals surface area contributed by atoms with Crippen molar-refractivity contribution in [2.24, 2.45) is 0 Å². The van der Waals surface area contributed by atoms with Gasteiger partial charge in [0, 0.05) is 9.30 Å². The van der Waals surface area contributed by atoms with Gasteiger partial charge in [-0.1, -0.05) is 79.4 Å². The van der Waals surface area contributed by atoms with Gasteiger partial charge in [0.25, 0.3) is 0 Å². The molecular weight excluding hydrogens is 352 g/mol. The zero-order valence-corrected chi connectivity index (χ0v) is 13.8. The van der Waals surface area contributed by atoms with Crippen molar-refractivity contribution >= 4 is 31.9 Å². The molecule has 0 fully saturated rings. The van der Waals surface area contributed by atoms with E-state index in [9.17, 15) is 0 Å². The third kappa shape index (κ3) is 3.46. The van der Waals surface area contributed by atoms with Crippen LogP contribution in [0.15, 0.2) is 46.9 Å². The Kier molecular flexibility index (Phi) is 4.63. The zero-order valence-electron chi connectivity index (χ0n) is 10.6. The molecule has 0 heterocycles. The van der Waals surface area contributed by atoms with Crippen molar-refractivity contribution in [1.82, 2.24) is 0 Å². The number of aryl methyl sites for hydroxylation is 2. The molecule has 2 aromatic carbocycles. The zero-order chi connectivity index (χ0) is 13.1. The van der Waals surface area contributed by atoms with Gasteiger partial charge in [0.2, 0.25) is 0 Å². The summed E-state index contributed by atoms with van der Waals surface area (Å²) in [5.74, 6) is 0. The highest BCUT2D eigenvalue weighted by Gasteiger charge is 2.12. The third-order valence-corrected chi connectivity index (χ3v) is 4.53. The molecule has 2 aromatic rings. The number of alkyl halides is 1. The fourth-order valence-electron chi connectivity index (χ4n) is 2.06. The average molecular weight is 368 g/mol. The quantitative estimate of drug-likeness (QED) is 0.606. The minimum Gasteiger partial charge on any atom is -0.0835 e. The number of benzene rings is 2. The van der Waals surface area contributed by atoms with Crippen LogP contribution in [0.3, 0.4) is 0 Å². The van der Waals surface area contributed by atoms with Crippen molar-refractivity contribution < 1.29 is 0 Å². The van der Waals surface area contributed by atoms with Gasteiger partial charge in [-0.05, 0) is 37.5 Å². The second kappa shape index (κ2) is 6.03. The molecule has 0 aliphatic carbocycles. The maximum absolute atomic E-state index is 3.80. The van der Waals surface area contributed by atoms with Gasteiger partial charge in [0.05, 0.1) is 0 Å². The molecule has 0 radical (unpaired) electrons. The van der Waals surface area contributed by atoms with E-state index in [4.69, 9.17) is 0 Å². The van der Waals surface area contributed by atoms with Crippen LogP contribution in [-0.2, 0) is 6.42 Å². The molecule has 0 aromatic heterocycles. The maximum Gasteiger partial charge on any atom is 0.0446 e. The lowest BCUT2D eigenvalue weighted by atomic mass is 10.0. The first kappa shape index (κ1) is 13.8. The van der Waals surface area contributed by atoms with Gasteiger partial charge in [-0.2, -0.15) is 0 Å². The molecule has 1 unspecified atom stereocenters. The van der Waals surface area contributed by atoms with Crippen molar-refractivity contribution in [3.8, 4) is 0 Å². The summed E-state index contributed by atoms with van der Waals surface area (Å²) in [7, 11) is 0. The van der Waals surface area contributed by atoms with E-state index in [-0.39, 0.29) is 0 Å². The lowest BCUT2D eigenvalue weighted by molar-refractivity contribution is 0.939. The second-order valence-corrected chi connectivity index (χ2v) is 6.65. The van der Waals surface area contributed by atoms with Crippen LogP contribution in [-0.4, -0.2) is 0 Å². The highest BCUT2D eigenvalue weighted by atomic mass is 79.9. The first-order chi connectivity index (χ1) is 8.56. The molecule has 1 atom stereocenters.